The summed E-state index contributed by atoms with van der Waals surface area (Å²) in [7, 11) is 6.39. The minimum atomic E-state index is -0.135. The number of benzene rings is 1. The fourth-order valence-electron chi connectivity index (χ4n) is 2.27. The van der Waals surface area contributed by atoms with Gasteiger partial charge in [0.15, 0.2) is 0 Å². The van der Waals surface area contributed by atoms with Crippen molar-refractivity contribution in [3.05, 3.63) is 29.5 Å². The Morgan fingerprint density at radius 3 is 2.71 bits per heavy atom. The summed E-state index contributed by atoms with van der Waals surface area (Å²) in [5, 5.41) is 13.6. The SMILES string of the molecule is Cc1ccc2[nH]c(C(=O)NCCC[N+](C)(C)C)cc2c1O. The number of quaternary nitrogens is 1. The topological polar surface area (TPSA) is 65.1 Å². The summed E-state index contributed by atoms with van der Waals surface area (Å²) < 4.78 is 0.884. The molecule has 3 N–H and O–H groups in total. The molecule has 0 atom stereocenters. The van der Waals surface area contributed by atoms with Gasteiger partial charge in [-0.3, -0.25) is 4.79 Å². The number of nitrogens with zero attached hydrogens (tertiary/aromatic N) is 1. The first kappa shape index (κ1) is 15.4. The Kier molecular flexibility index (Phi) is 4.23. The highest BCUT2D eigenvalue weighted by Crippen LogP contribution is 2.28. The van der Waals surface area contributed by atoms with Crippen molar-refractivity contribution in [1.29, 1.82) is 0 Å². The number of aromatic hydroxyl groups is 1. The number of aromatic amines is 1. The number of phenolic OH excluding ortho intramolecular Hbond substituents is 1. The average Bonchev–Trinajstić information content (AvgIpc) is 2.83. The van der Waals surface area contributed by atoms with Crippen LogP contribution in [0.5, 0.6) is 5.75 Å². The lowest BCUT2D eigenvalue weighted by Crippen LogP contribution is -2.37. The molecule has 0 bridgehead atoms. The summed E-state index contributed by atoms with van der Waals surface area (Å²) in [5.41, 5.74) is 2.06. The van der Waals surface area contributed by atoms with E-state index in [2.05, 4.69) is 31.4 Å². The van der Waals surface area contributed by atoms with Crippen molar-refractivity contribution in [2.75, 3.05) is 34.2 Å². The minimum Gasteiger partial charge on any atom is -0.507 e. The first-order valence-electron chi connectivity index (χ1n) is 7.18. The van der Waals surface area contributed by atoms with Crippen LogP contribution in [0.1, 0.15) is 22.5 Å². The third kappa shape index (κ3) is 3.76. The van der Waals surface area contributed by atoms with E-state index < -0.39 is 0 Å². The number of aromatic nitrogens is 1. The van der Waals surface area contributed by atoms with Crippen LogP contribution in [0.25, 0.3) is 10.9 Å². The Balaban J connectivity index is 2.02. The molecule has 21 heavy (non-hydrogen) atoms. The highest BCUT2D eigenvalue weighted by Gasteiger charge is 2.13. The zero-order valence-corrected chi connectivity index (χ0v) is 13.2. The van der Waals surface area contributed by atoms with Gasteiger partial charge in [-0.25, -0.2) is 0 Å². The fraction of sp³-hybridized carbons (Fsp3) is 0.438. The summed E-state index contributed by atoms with van der Waals surface area (Å²) in [4.78, 5) is 15.2. The monoisotopic (exact) mass is 290 g/mol. The van der Waals surface area contributed by atoms with Crippen LogP contribution in [-0.4, -0.2) is 54.7 Å². The first-order chi connectivity index (χ1) is 9.78. The first-order valence-corrected chi connectivity index (χ1v) is 7.18. The summed E-state index contributed by atoms with van der Waals surface area (Å²) >= 11 is 0. The Morgan fingerprint density at radius 1 is 1.33 bits per heavy atom. The van der Waals surface area contributed by atoms with Crippen molar-refractivity contribution < 1.29 is 14.4 Å². The number of hydrogen-bond acceptors (Lipinski definition) is 2. The fourth-order valence-corrected chi connectivity index (χ4v) is 2.27. The van der Waals surface area contributed by atoms with Crippen molar-refractivity contribution in [3.63, 3.8) is 0 Å². The summed E-state index contributed by atoms with van der Waals surface area (Å²) in [6.45, 7) is 3.49. The zero-order valence-electron chi connectivity index (χ0n) is 13.2. The van der Waals surface area contributed by atoms with Gasteiger partial charge >= 0.3 is 0 Å². The van der Waals surface area contributed by atoms with E-state index in [-0.39, 0.29) is 11.7 Å². The van der Waals surface area contributed by atoms with Gasteiger partial charge in [0.05, 0.1) is 27.7 Å². The second kappa shape index (κ2) is 5.77. The van der Waals surface area contributed by atoms with Gasteiger partial charge in [-0.2, -0.15) is 0 Å². The number of phenols is 1. The standard InChI is InChI=1S/C16H23N3O2/c1-11-6-7-13-12(15(11)20)10-14(18-13)16(21)17-8-5-9-19(2,3)4/h6-7,10H,5,8-9H2,1-4H3,(H2-,17,18,20,21)/p+1. The molecule has 5 nitrogen and oxygen atoms in total. The summed E-state index contributed by atoms with van der Waals surface area (Å²) in [5.74, 6) is 0.0949. The largest absolute Gasteiger partial charge is 0.507 e. The van der Waals surface area contributed by atoms with Crippen LogP contribution >= 0.6 is 0 Å². The maximum absolute atomic E-state index is 12.1. The number of hydrogen-bond donors (Lipinski definition) is 3. The van der Waals surface area contributed by atoms with Gasteiger partial charge in [-0.15, -0.1) is 0 Å². The van der Waals surface area contributed by atoms with Crippen molar-refractivity contribution in [3.8, 4) is 5.75 Å². The molecule has 114 valence electrons. The lowest BCUT2D eigenvalue weighted by atomic mass is 10.1. The van der Waals surface area contributed by atoms with Gasteiger partial charge in [-0.05, 0) is 24.6 Å². The minimum absolute atomic E-state index is 0.135. The van der Waals surface area contributed by atoms with E-state index in [1.165, 1.54) is 0 Å². The molecule has 0 aliphatic carbocycles. The number of aryl methyl sites for hydroxylation is 1. The van der Waals surface area contributed by atoms with Crippen LogP contribution in [0.15, 0.2) is 18.2 Å². The van der Waals surface area contributed by atoms with Crippen LogP contribution in [-0.2, 0) is 0 Å². The molecular formula is C16H24N3O2+. The number of H-pyrrole nitrogens is 1. The molecule has 0 radical (unpaired) electrons. The highest BCUT2D eigenvalue weighted by molar-refractivity contribution is 5.99. The molecule has 0 unspecified atom stereocenters. The maximum Gasteiger partial charge on any atom is 0.267 e. The number of carbonyl (C=O) groups is 1. The summed E-state index contributed by atoms with van der Waals surface area (Å²) in [6, 6.07) is 5.40. The normalized spacial score (nSPS) is 11.8. The molecule has 1 amide bonds. The number of nitrogens with one attached hydrogen (secondary N) is 2. The third-order valence-electron chi connectivity index (χ3n) is 3.51. The van der Waals surface area contributed by atoms with Crippen LogP contribution in [0.4, 0.5) is 0 Å². The van der Waals surface area contributed by atoms with Gasteiger partial charge in [0, 0.05) is 23.9 Å². The molecule has 2 aromatic rings. The van der Waals surface area contributed by atoms with E-state index in [1.807, 2.05) is 19.1 Å². The number of rotatable bonds is 5. The van der Waals surface area contributed by atoms with E-state index in [0.29, 0.717) is 17.6 Å². The number of carbonyl (C=O) groups excluding carboxylic acids is 1. The van der Waals surface area contributed by atoms with E-state index in [9.17, 15) is 9.90 Å². The van der Waals surface area contributed by atoms with Gasteiger partial charge in [0.2, 0.25) is 0 Å². The Morgan fingerprint density at radius 2 is 2.05 bits per heavy atom. The highest BCUT2D eigenvalue weighted by atomic mass is 16.3. The predicted molar refractivity (Wildman–Crippen MR) is 84.6 cm³/mol. The second-order valence-corrected chi connectivity index (χ2v) is 6.50. The van der Waals surface area contributed by atoms with Crippen molar-refractivity contribution in [2.45, 2.75) is 13.3 Å². The van der Waals surface area contributed by atoms with Crippen molar-refractivity contribution in [2.24, 2.45) is 0 Å². The van der Waals surface area contributed by atoms with E-state index in [0.717, 1.165) is 28.5 Å². The lowest BCUT2D eigenvalue weighted by Gasteiger charge is -2.23. The van der Waals surface area contributed by atoms with Crippen LogP contribution in [0.2, 0.25) is 0 Å². The Labute approximate surface area is 125 Å². The maximum atomic E-state index is 12.1. The van der Waals surface area contributed by atoms with Crippen LogP contribution in [0.3, 0.4) is 0 Å². The molecule has 1 aromatic carbocycles. The van der Waals surface area contributed by atoms with Gasteiger partial charge in [0.25, 0.3) is 5.91 Å². The van der Waals surface area contributed by atoms with Crippen LogP contribution in [0, 0.1) is 6.92 Å². The van der Waals surface area contributed by atoms with Crippen LogP contribution < -0.4 is 5.32 Å². The summed E-state index contributed by atoms with van der Waals surface area (Å²) in [6.07, 6.45) is 0.930. The van der Waals surface area contributed by atoms with E-state index >= 15 is 0 Å². The second-order valence-electron chi connectivity index (χ2n) is 6.50. The van der Waals surface area contributed by atoms with Gasteiger partial charge in [-0.1, -0.05) is 6.07 Å². The molecular weight excluding hydrogens is 266 g/mol. The number of amides is 1. The molecule has 0 spiro atoms. The van der Waals surface area contributed by atoms with E-state index in [4.69, 9.17) is 0 Å². The third-order valence-corrected chi connectivity index (χ3v) is 3.51. The molecule has 0 fully saturated rings. The molecule has 1 aromatic heterocycles. The quantitative estimate of drug-likeness (QED) is 0.582. The molecule has 0 saturated carbocycles. The molecule has 0 saturated heterocycles. The molecule has 0 aliphatic heterocycles. The van der Waals surface area contributed by atoms with Crippen molar-refractivity contribution in [1.82, 2.24) is 10.3 Å². The molecule has 0 aliphatic rings. The Bertz CT molecular complexity index is 653. The van der Waals surface area contributed by atoms with Crippen molar-refractivity contribution >= 4 is 16.8 Å². The van der Waals surface area contributed by atoms with E-state index in [1.54, 1.807) is 6.07 Å². The molecule has 2 rings (SSSR count). The lowest BCUT2D eigenvalue weighted by molar-refractivity contribution is -0.870. The molecule has 1 heterocycles. The molecule has 5 heteroatoms. The zero-order chi connectivity index (χ0) is 15.6. The average molecular weight is 290 g/mol. The van der Waals surface area contributed by atoms with Gasteiger partial charge < -0.3 is 19.9 Å². The predicted octanol–water partition coefficient (Wildman–Crippen LogP) is 2.01. The Hall–Kier alpha value is -2.01. The number of fused-ring (bicyclic) bond motifs is 1. The smallest absolute Gasteiger partial charge is 0.267 e. The van der Waals surface area contributed by atoms with Gasteiger partial charge in [0.1, 0.15) is 11.4 Å².